The van der Waals surface area contributed by atoms with E-state index in [1.807, 2.05) is 30.3 Å². The summed E-state index contributed by atoms with van der Waals surface area (Å²) in [5.74, 6) is -1.18. The van der Waals surface area contributed by atoms with Crippen molar-refractivity contribution >= 4 is 23.4 Å². The van der Waals surface area contributed by atoms with Crippen molar-refractivity contribution in [1.29, 1.82) is 0 Å². The van der Waals surface area contributed by atoms with Crippen LogP contribution < -0.4 is 5.32 Å². The molecule has 7 heteroatoms. The molecule has 1 unspecified atom stereocenters. The predicted molar refractivity (Wildman–Crippen MR) is 72.3 cm³/mol. The van der Waals surface area contributed by atoms with Gasteiger partial charge in [0, 0.05) is 11.6 Å². The lowest BCUT2D eigenvalue weighted by molar-refractivity contribution is -0.139. The summed E-state index contributed by atoms with van der Waals surface area (Å²) in [4.78, 5) is 26.6. The average molecular weight is 292 g/mol. The van der Waals surface area contributed by atoms with Crippen LogP contribution in [0.2, 0.25) is 0 Å². The highest BCUT2D eigenvalue weighted by Gasteiger charge is 2.25. The molecule has 1 amide bonds. The number of nitrogens with zero attached hydrogens (tertiary/aromatic N) is 1. The van der Waals surface area contributed by atoms with E-state index >= 15 is 0 Å². The number of carbonyl (C=O) groups is 2. The Labute approximate surface area is 119 Å². The molecule has 0 aliphatic carbocycles. The molecule has 6 nitrogen and oxygen atoms in total. The summed E-state index contributed by atoms with van der Waals surface area (Å²) >= 11 is 1.15. The Hall–Kier alpha value is -2.41. The molecule has 0 aliphatic heterocycles. The van der Waals surface area contributed by atoms with Gasteiger partial charge in [0.05, 0.1) is 0 Å². The smallest absolute Gasteiger partial charge is 0.408 e. The molecular formula is C13H12N2O4S. The van der Waals surface area contributed by atoms with Gasteiger partial charge in [-0.1, -0.05) is 30.3 Å². The second-order valence-electron chi connectivity index (χ2n) is 3.85. The van der Waals surface area contributed by atoms with Crippen molar-refractivity contribution in [1.82, 2.24) is 10.3 Å². The fourth-order valence-electron chi connectivity index (χ4n) is 1.49. The Morgan fingerprint density at radius 3 is 2.70 bits per heavy atom. The number of benzene rings is 1. The fraction of sp³-hybridized carbons (Fsp3) is 0.154. The maximum atomic E-state index is 11.6. The lowest BCUT2D eigenvalue weighted by Gasteiger charge is -2.12. The molecule has 0 saturated carbocycles. The summed E-state index contributed by atoms with van der Waals surface area (Å²) in [6.07, 6.45) is 0.684. The summed E-state index contributed by atoms with van der Waals surface area (Å²) in [7, 11) is 0. The van der Waals surface area contributed by atoms with Crippen molar-refractivity contribution in [3.05, 3.63) is 52.5 Å². The zero-order chi connectivity index (χ0) is 14.4. The van der Waals surface area contributed by atoms with E-state index in [-0.39, 0.29) is 6.61 Å². The molecule has 0 fully saturated rings. The van der Waals surface area contributed by atoms with Gasteiger partial charge in [-0.25, -0.2) is 14.6 Å². The number of carbonyl (C=O) groups excluding carboxylic acids is 1. The summed E-state index contributed by atoms with van der Waals surface area (Å²) in [6.45, 7) is 0.0802. The van der Waals surface area contributed by atoms with E-state index in [1.165, 1.54) is 6.20 Å². The van der Waals surface area contributed by atoms with Crippen molar-refractivity contribution in [2.45, 2.75) is 12.6 Å². The predicted octanol–water partition coefficient (Wildman–Crippen LogP) is 2.20. The molecule has 2 N–H and O–H groups in total. The molecule has 2 aromatic rings. The number of ether oxygens (including phenoxy) is 1. The molecule has 0 aliphatic rings. The van der Waals surface area contributed by atoms with Crippen molar-refractivity contribution in [3.8, 4) is 0 Å². The van der Waals surface area contributed by atoms with Crippen LogP contribution in [0, 0.1) is 0 Å². The molecule has 0 radical (unpaired) electrons. The minimum Gasteiger partial charge on any atom is -0.479 e. The zero-order valence-electron chi connectivity index (χ0n) is 10.4. The van der Waals surface area contributed by atoms with E-state index in [0.29, 0.717) is 5.01 Å². The van der Waals surface area contributed by atoms with Crippen LogP contribution >= 0.6 is 11.3 Å². The maximum Gasteiger partial charge on any atom is 0.408 e. The summed E-state index contributed by atoms with van der Waals surface area (Å²) in [5.41, 5.74) is 0.823. The monoisotopic (exact) mass is 292 g/mol. The Morgan fingerprint density at radius 1 is 1.35 bits per heavy atom. The van der Waals surface area contributed by atoms with Crippen LogP contribution in [0.4, 0.5) is 4.79 Å². The number of carboxylic acids is 1. The fourth-order valence-corrected chi connectivity index (χ4v) is 2.17. The Balaban J connectivity index is 1.91. The van der Waals surface area contributed by atoms with Gasteiger partial charge in [0.25, 0.3) is 0 Å². The SMILES string of the molecule is O=C(NC(C(=O)O)c1nccs1)OCc1ccccc1. The maximum absolute atomic E-state index is 11.6. The van der Waals surface area contributed by atoms with Gasteiger partial charge in [-0.2, -0.15) is 0 Å². The van der Waals surface area contributed by atoms with Crippen LogP contribution in [0.1, 0.15) is 16.6 Å². The highest BCUT2D eigenvalue weighted by Crippen LogP contribution is 2.16. The number of aromatic nitrogens is 1. The molecule has 1 aromatic heterocycles. The second kappa shape index (κ2) is 6.67. The highest BCUT2D eigenvalue weighted by atomic mass is 32.1. The Bertz CT molecular complexity index is 571. The number of alkyl carbamates (subject to hydrolysis) is 1. The van der Waals surface area contributed by atoms with Crippen LogP contribution in [-0.4, -0.2) is 22.2 Å². The van der Waals surface area contributed by atoms with Crippen molar-refractivity contribution < 1.29 is 19.4 Å². The standard InChI is InChI=1S/C13H12N2O4S/c16-12(17)10(11-14-6-7-20-11)15-13(18)19-8-9-4-2-1-3-5-9/h1-7,10H,8H2,(H,15,18)(H,16,17). The molecule has 0 bridgehead atoms. The third kappa shape index (κ3) is 3.79. The molecule has 1 aromatic carbocycles. The number of hydrogen-bond acceptors (Lipinski definition) is 5. The number of aliphatic carboxylic acids is 1. The number of thiazole rings is 1. The van der Waals surface area contributed by atoms with Gasteiger partial charge >= 0.3 is 12.1 Å². The number of carboxylic acid groups (broad SMARTS) is 1. The largest absolute Gasteiger partial charge is 0.479 e. The number of amides is 1. The van der Waals surface area contributed by atoms with Gasteiger partial charge in [-0.05, 0) is 5.56 Å². The van der Waals surface area contributed by atoms with Crippen LogP contribution in [0.3, 0.4) is 0 Å². The number of rotatable bonds is 5. The minimum atomic E-state index is -1.20. The summed E-state index contributed by atoms with van der Waals surface area (Å²) in [5, 5.41) is 13.3. The first-order valence-corrected chi connectivity index (χ1v) is 6.64. The van der Waals surface area contributed by atoms with Crippen LogP contribution in [0.25, 0.3) is 0 Å². The highest BCUT2D eigenvalue weighted by molar-refractivity contribution is 7.09. The van der Waals surface area contributed by atoms with Crippen LogP contribution in [0.15, 0.2) is 41.9 Å². The van der Waals surface area contributed by atoms with Gasteiger partial charge in [-0.3, -0.25) is 0 Å². The average Bonchev–Trinajstić information content (AvgIpc) is 2.97. The van der Waals surface area contributed by atoms with E-state index in [2.05, 4.69) is 10.3 Å². The molecule has 2 rings (SSSR count). The molecule has 1 atom stereocenters. The normalized spacial score (nSPS) is 11.6. The molecule has 20 heavy (non-hydrogen) atoms. The number of nitrogens with one attached hydrogen (secondary N) is 1. The van der Waals surface area contributed by atoms with E-state index in [1.54, 1.807) is 5.38 Å². The molecule has 0 saturated heterocycles. The first-order chi connectivity index (χ1) is 9.66. The van der Waals surface area contributed by atoms with E-state index in [9.17, 15) is 9.59 Å². The molecule has 0 spiro atoms. The van der Waals surface area contributed by atoms with Gasteiger partial charge in [-0.15, -0.1) is 11.3 Å². The van der Waals surface area contributed by atoms with E-state index < -0.39 is 18.1 Å². The van der Waals surface area contributed by atoms with Crippen LogP contribution in [0.5, 0.6) is 0 Å². The van der Waals surface area contributed by atoms with Crippen LogP contribution in [-0.2, 0) is 16.1 Å². The Kier molecular flexibility index (Phi) is 4.67. The van der Waals surface area contributed by atoms with E-state index in [4.69, 9.17) is 9.84 Å². The first-order valence-electron chi connectivity index (χ1n) is 5.76. The Morgan fingerprint density at radius 2 is 2.10 bits per heavy atom. The zero-order valence-corrected chi connectivity index (χ0v) is 11.2. The van der Waals surface area contributed by atoms with Crippen molar-refractivity contribution in [3.63, 3.8) is 0 Å². The summed E-state index contributed by atoms with van der Waals surface area (Å²) in [6, 6.07) is 7.93. The third-order valence-corrected chi connectivity index (χ3v) is 3.26. The van der Waals surface area contributed by atoms with Gasteiger partial charge in [0.15, 0.2) is 6.04 Å². The summed E-state index contributed by atoms with van der Waals surface area (Å²) < 4.78 is 4.97. The molecule has 104 valence electrons. The lowest BCUT2D eigenvalue weighted by Crippen LogP contribution is -2.34. The topological polar surface area (TPSA) is 88.5 Å². The first kappa shape index (κ1) is 14.0. The second-order valence-corrected chi connectivity index (χ2v) is 4.77. The van der Waals surface area contributed by atoms with Gasteiger partial charge in [0.1, 0.15) is 11.6 Å². The third-order valence-electron chi connectivity index (χ3n) is 2.42. The molecule has 1 heterocycles. The van der Waals surface area contributed by atoms with Gasteiger partial charge in [0.2, 0.25) is 0 Å². The number of hydrogen-bond donors (Lipinski definition) is 2. The van der Waals surface area contributed by atoms with Crippen molar-refractivity contribution in [2.24, 2.45) is 0 Å². The quantitative estimate of drug-likeness (QED) is 0.882. The van der Waals surface area contributed by atoms with E-state index in [0.717, 1.165) is 16.9 Å². The van der Waals surface area contributed by atoms with Gasteiger partial charge < -0.3 is 15.2 Å². The molecular weight excluding hydrogens is 280 g/mol. The van der Waals surface area contributed by atoms with Crippen molar-refractivity contribution in [2.75, 3.05) is 0 Å². The lowest BCUT2D eigenvalue weighted by atomic mass is 10.2. The minimum absolute atomic E-state index is 0.0802.